The van der Waals surface area contributed by atoms with E-state index in [1.54, 1.807) is 12.1 Å². The van der Waals surface area contributed by atoms with E-state index in [-0.39, 0.29) is 23.4 Å². The van der Waals surface area contributed by atoms with Gasteiger partial charge in [0.25, 0.3) is 5.69 Å². The van der Waals surface area contributed by atoms with Crippen molar-refractivity contribution >= 4 is 11.4 Å². The van der Waals surface area contributed by atoms with Crippen LogP contribution in [-0.2, 0) is 0 Å². The van der Waals surface area contributed by atoms with Crippen LogP contribution in [0.25, 0.3) is 0 Å². The Labute approximate surface area is 104 Å². The van der Waals surface area contributed by atoms with Gasteiger partial charge in [-0.05, 0) is 31.4 Å². The number of nitrogens with zero attached hydrogens (tertiary/aromatic N) is 2. The molecule has 0 amide bonds. The third kappa shape index (κ3) is 2.13. The van der Waals surface area contributed by atoms with Gasteiger partial charge >= 0.3 is 0 Å². The number of hydrogen-bond acceptors (Lipinski definition) is 5. The first-order valence-corrected chi connectivity index (χ1v) is 5.68. The molecule has 1 saturated carbocycles. The summed E-state index contributed by atoms with van der Waals surface area (Å²) in [6, 6.07) is 6.18. The number of aliphatic hydroxyl groups is 1. The second kappa shape index (κ2) is 4.63. The fourth-order valence-electron chi connectivity index (χ4n) is 2.09. The van der Waals surface area contributed by atoms with Gasteiger partial charge in [0.2, 0.25) is 0 Å². The summed E-state index contributed by atoms with van der Waals surface area (Å²) in [6.07, 6.45) is 2.72. The minimum Gasteiger partial charge on any atom is -0.394 e. The highest BCUT2D eigenvalue weighted by Crippen LogP contribution is 2.35. The molecule has 1 aliphatic rings. The average Bonchev–Trinajstić information content (AvgIpc) is 2.33. The molecule has 0 radical (unpaired) electrons. The zero-order chi connectivity index (χ0) is 13.2. The van der Waals surface area contributed by atoms with E-state index in [0.717, 1.165) is 19.3 Å². The van der Waals surface area contributed by atoms with Crippen molar-refractivity contribution in [3.63, 3.8) is 0 Å². The van der Waals surface area contributed by atoms with Crippen molar-refractivity contribution in [2.75, 3.05) is 11.9 Å². The molecule has 6 heteroatoms. The third-order valence-electron chi connectivity index (χ3n) is 3.34. The van der Waals surface area contributed by atoms with Crippen LogP contribution in [0.15, 0.2) is 18.2 Å². The molecule has 6 nitrogen and oxygen atoms in total. The Hall–Kier alpha value is -2.13. The van der Waals surface area contributed by atoms with Crippen LogP contribution in [0.5, 0.6) is 0 Å². The number of benzene rings is 1. The fourth-order valence-corrected chi connectivity index (χ4v) is 2.09. The number of nitrogens with one attached hydrogen (secondary N) is 1. The number of anilines is 1. The van der Waals surface area contributed by atoms with Crippen LogP contribution in [0.4, 0.5) is 11.4 Å². The number of rotatable bonds is 4. The van der Waals surface area contributed by atoms with Crippen LogP contribution in [0.1, 0.15) is 24.8 Å². The Bertz CT molecular complexity index is 512. The largest absolute Gasteiger partial charge is 0.394 e. The topological polar surface area (TPSA) is 99.2 Å². The van der Waals surface area contributed by atoms with E-state index >= 15 is 0 Å². The maximum Gasteiger partial charge on any atom is 0.289 e. The Kier molecular flexibility index (Phi) is 3.17. The van der Waals surface area contributed by atoms with Crippen molar-refractivity contribution in [2.24, 2.45) is 0 Å². The summed E-state index contributed by atoms with van der Waals surface area (Å²) < 4.78 is 0. The van der Waals surface area contributed by atoms with Crippen LogP contribution in [0.2, 0.25) is 0 Å². The highest BCUT2D eigenvalue weighted by atomic mass is 16.6. The van der Waals surface area contributed by atoms with Crippen LogP contribution in [0, 0.1) is 21.4 Å². The molecule has 1 aromatic rings. The molecule has 2 rings (SSSR count). The molecule has 94 valence electrons. The summed E-state index contributed by atoms with van der Waals surface area (Å²) in [4.78, 5) is 10.3. The molecule has 1 aliphatic carbocycles. The van der Waals surface area contributed by atoms with E-state index in [1.807, 2.05) is 0 Å². The summed E-state index contributed by atoms with van der Waals surface area (Å²) in [5.74, 6) is 0. The van der Waals surface area contributed by atoms with Gasteiger partial charge in [-0.3, -0.25) is 10.1 Å². The van der Waals surface area contributed by atoms with E-state index in [0.29, 0.717) is 5.69 Å². The molecular formula is C12H13N3O3. The van der Waals surface area contributed by atoms with Crippen molar-refractivity contribution in [1.29, 1.82) is 5.26 Å². The monoisotopic (exact) mass is 247 g/mol. The molecule has 0 aromatic heterocycles. The minimum absolute atomic E-state index is 0.000793. The fraction of sp³-hybridized carbons (Fsp3) is 0.417. The third-order valence-corrected chi connectivity index (χ3v) is 3.34. The Morgan fingerprint density at radius 2 is 2.28 bits per heavy atom. The number of nitro benzene ring substituents is 1. The van der Waals surface area contributed by atoms with Gasteiger partial charge in [-0.2, -0.15) is 5.26 Å². The van der Waals surface area contributed by atoms with Crippen LogP contribution < -0.4 is 5.32 Å². The molecule has 0 aliphatic heterocycles. The predicted octanol–water partition coefficient (Wildman–Crippen LogP) is 1.79. The molecule has 0 atom stereocenters. The normalized spacial score (nSPS) is 16.4. The van der Waals surface area contributed by atoms with Crippen molar-refractivity contribution < 1.29 is 10.0 Å². The van der Waals surface area contributed by atoms with Gasteiger partial charge in [0, 0.05) is 11.8 Å². The molecular weight excluding hydrogens is 234 g/mol. The molecule has 0 unspecified atom stereocenters. The van der Waals surface area contributed by atoms with Crippen molar-refractivity contribution in [2.45, 2.75) is 24.8 Å². The van der Waals surface area contributed by atoms with E-state index in [4.69, 9.17) is 5.26 Å². The second-order valence-corrected chi connectivity index (χ2v) is 4.52. The van der Waals surface area contributed by atoms with Crippen molar-refractivity contribution in [3.05, 3.63) is 33.9 Å². The number of nitriles is 1. The molecule has 2 N–H and O–H groups in total. The Morgan fingerprint density at radius 3 is 2.72 bits per heavy atom. The maximum atomic E-state index is 10.8. The first-order chi connectivity index (χ1) is 8.60. The van der Waals surface area contributed by atoms with Gasteiger partial charge in [-0.25, -0.2) is 0 Å². The van der Waals surface area contributed by atoms with Crippen molar-refractivity contribution in [1.82, 2.24) is 0 Å². The summed E-state index contributed by atoms with van der Waals surface area (Å²) in [7, 11) is 0. The molecule has 0 spiro atoms. The van der Waals surface area contributed by atoms with Crippen LogP contribution in [0.3, 0.4) is 0 Å². The van der Waals surface area contributed by atoms with E-state index in [9.17, 15) is 15.2 Å². The van der Waals surface area contributed by atoms with Gasteiger partial charge in [-0.15, -0.1) is 0 Å². The van der Waals surface area contributed by atoms with Gasteiger partial charge in [0.1, 0.15) is 11.6 Å². The Balaban J connectivity index is 2.27. The highest BCUT2D eigenvalue weighted by molar-refractivity contribution is 5.60. The maximum absolute atomic E-state index is 10.8. The first kappa shape index (κ1) is 12.3. The molecule has 0 heterocycles. The molecule has 1 fully saturated rings. The summed E-state index contributed by atoms with van der Waals surface area (Å²) in [6.45, 7) is 0.000793. The number of nitro groups is 1. The predicted molar refractivity (Wildman–Crippen MR) is 65.1 cm³/mol. The lowest BCUT2D eigenvalue weighted by molar-refractivity contribution is -0.385. The standard InChI is InChI=1S/C12H13N3O3/c13-7-9-2-3-10(6-11(9)15(17)18)14-12(8-16)4-1-5-12/h2-3,6,14,16H,1,4-5,8H2. The Morgan fingerprint density at radius 1 is 1.56 bits per heavy atom. The second-order valence-electron chi connectivity index (χ2n) is 4.52. The minimum atomic E-state index is -0.573. The van der Waals surface area contributed by atoms with Crippen LogP contribution in [-0.4, -0.2) is 22.2 Å². The highest BCUT2D eigenvalue weighted by Gasteiger charge is 2.36. The lowest BCUT2D eigenvalue weighted by Crippen LogP contribution is -2.48. The van der Waals surface area contributed by atoms with Crippen LogP contribution >= 0.6 is 0 Å². The van der Waals surface area contributed by atoms with E-state index in [1.165, 1.54) is 12.1 Å². The molecule has 18 heavy (non-hydrogen) atoms. The summed E-state index contributed by atoms with van der Waals surface area (Å²) in [5, 5.41) is 32.1. The first-order valence-electron chi connectivity index (χ1n) is 5.68. The molecule has 1 aromatic carbocycles. The lowest BCUT2D eigenvalue weighted by atomic mass is 9.77. The lowest BCUT2D eigenvalue weighted by Gasteiger charge is -2.41. The molecule has 0 saturated heterocycles. The van der Waals surface area contributed by atoms with Gasteiger partial charge < -0.3 is 10.4 Å². The van der Waals surface area contributed by atoms with E-state index < -0.39 is 4.92 Å². The van der Waals surface area contributed by atoms with E-state index in [2.05, 4.69) is 5.32 Å². The van der Waals surface area contributed by atoms with Gasteiger partial charge in [0.05, 0.1) is 17.1 Å². The van der Waals surface area contributed by atoms with Gasteiger partial charge in [0.15, 0.2) is 0 Å². The summed E-state index contributed by atoms with van der Waals surface area (Å²) in [5.41, 5.74) is 0.0312. The quantitative estimate of drug-likeness (QED) is 0.624. The summed E-state index contributed by atoms with van der Waals surface area (Å²) >= 11 is 0. The average molecular weight is 247 g/mol. The zero-order valence-corrected chi connectivity index (χ0v) is 9.72. The van der Waals surface area contributed by atoms with Gasteiger partial charge in [-0.1, -0.05) is 0 Å². The zero-order valence-electron chi connectivity index (χ0n) is 9.72. The number of hydrogen-bond donors (Lipinski definition) is 2. The van der Waals surface area contributed by atoms with Crippen molar-refractivity contribution in [3.8, 4) is 6.07 Å². The molecule has 0 bridgehead atoms. The smallest absolute Gasteiger partial charge is 0.289 e. The SMILES string of the molecule is N#Cc1ccc(NC2(CO)CCC2)cc1[N+](=O)[O-]. The number of aliphatic hydroxyl groups excluding tert-OH is 1.